The molecule has 0 bridgehead atoms. The van der Waals surface area contributed by atoms with Gasteiger partial charge in [0.25, 0.3) is 0 Å². The first kappa shape index (κ1) is 7.22. The van der Waals surface area contributed by atoms with E-state index in [4.69, 9.17) is 4.84 Å². The van der Waals surface area contributed by atoms with Crippen molar-refractivity contribution >= 4 is 0 Å². The predicted molar refractivity (Wildman–Crippen MR) is 47.5 cm³/mol. The van der Waals surface area contributed by atoms with Crippen molar-refractivity contribution in [2.75, 3.05) is 6.54 Å². The van der Waals surface area contributed by atoms with Gasteiger partial charge < -0.3 is 4.84 Å². The quantitative estimate of drug-likeness (QED) is 0.659. The van der Waals surface area contributed by atoms with E-state index in [0.717, 1.165) is 18.7 Å². The molecule has 1 aliphatic rings. The number of para-hydroxylation sites is 1. The van der Waals surface area contributed by atoms with Gasteiger partial charge in [0.05, 0.1) is 6.54 Å². The summed E-state index contributed by atoms with van der Waals surface area (Å²) >= 11 is 0. The maximum absolute atomic E-state index is 5.52. The SMILES string of the molecule is C1=CN(Oc2ccccc2)CC1. The lowest BCUT2D eigenvalue weighted by atomic mass is 10.3. The molecule has 12 heavy (non-hydrogen) atoms. The zero-order chi connectivity index (χ0) is 8.23. The van der Waals surface area contributed by atoms with E-state index in [0.29, 0.717) is 0 Å². The van der Waals surface area contributed by atoms with Crippen molar-refractivity contribution in [2.45, 2.75) is 6.42 Å². The number of benzene rings is 1. The Kier molecular flexibility index (Phi) is 1.99. The lowest BCUT2D eigenvalue weighted by Gasteiger charge is -2.15. The van der Waals surface area contributed by atoms with Gasteiger partial charge in [-0.3, -0.25) is 0 Å². The van der Waals surface area contributed by atoms with Crippen LogP contribution in [0.25, 0.3) is 0 Å². The largest absolute Gasteiger partial charge is 0.380 e. The van der Waals surface area contributed by atoms with Gasteiger partial charge in [0.2, 0.25) is 0 Å². The van der Waals surface area contributed by atoms with E-state index in [1.54, 1.807) is 0 Å². The Morgan fingerprint density at radius 1 is 1.17 bits per heavy atom. The second kappa shape index (κ2) is 3.30. The van der Waals surface area contributed by atoms with E-state index < -0.39 is 0 Å². The molecule has 2 rings (SSSR count). The second-order valence-electron chi connectivity index (χ2n) is 2.72. The van der Waals surface area contributed by atoms with E-state index >= 15 is 0 Å². The van der Waals surface area contributed by atoms with E-state index in [1.165, 1.54) is 0 Å². The van der Waals surface area contributed by atoms with Crippen molar-refractivity contribution in [3.63, 3.8) is 0 Å². The van der Waals surface area contributed by atoms with Crippen molar-refractivity contribution in [3.05, 3.63) is 42.6 Å². The van der Waals surface area contributed by atoms with Crippen LogP contribution < -0.4 is 4.84 Å². The van der Waals surface area contributed by atoms with Crippen LogP contribution >= 0.6 is 0 Å². The summed E-state index contributed by atoms with van der Waals surface area (Å²) in [5.74, 6) is 0.893. The Hall–Kier alpha value is -1.44. The van der Waals surface area contributed by atoms with Crippen LogP contribution in [0.3, 0.4) is 0 Å². The molecular formula is C10H11NO. The highest BCUT2D eigenvalue weighted by Crippen LogP contribution is 2.13. The lowest BCUT2D eigenvalue weighted by molar-refractivity contribution is 0.00294. The first-order valence-electron chi connectivity index (χ1n) is 4.11. The molecule has 0 radical (unpaired) electrons. The van der Waals surface area contributed by atoms with Crippen molar-refractivity contribution in [3.8, 4) is 5.75 Å². The monoisotopic (exact) mass is 161 g/mol. The molecule has 2 heteroatoms. The first-order valence-corrected chi connectivity index (χ1v) is 4.11. The van der Waals surface area contributed by atoms with Gasteiger partial charge in [-0.05, 0) is 18.6 Å². The zero-order valence-corrected chi connectivity index (χ0v) is 6.81. The Labute approximate surface area is 72.0 Å². The molecule has 0 saturated heterocycles. The molecule has 0 aromatic heterocycles. The third kappa shape index (κ3) is 1.59. The fourth-order valence-electron chi connectivity index (χ4n) is 1.16. The summed E-state index contributed by atoms with van der Waals surface area (Å²) < 4.78 is 0. The van der Waals surface area contributed by atoms with Gasteiger partial charge in [-0.2, -0.15) is 0 Å². The van der Waals surface area contributed by atoms with E-state index in [-0.39, 0.29) is 0 Å². The van der Waals surface area contributed by atoms with Crippen LogP contribution in [0.5, 0.6) is 5.75 Å². The molecule has 0 saturated carbocycles. The standard InChI is InChI=1S/C10H11NO/c1-2-6-10(7-3-1)12-11-8-4-5-9-11/h1-4,6-8H,5,9H2. The molecule has 0 atom stereocenters. The fourth-order valence-corrected chi connectivity index (χ4v) is 1.16. The number of nitrogens with zero attached hydrogens (tertiary/aromatic N) is 1. The highest BCUT2D eigenvalue weighted by molar-refractivity contribution is 5.20. The van der Waals surface area contributed by atoms with Crippen molar-refractivity contribution < 1.29 is 4.84 Å². The Bertz CT molecular complexity index is 268. The van der Waals surface area contributed by atoms with Crippen LogP contribution in [0.2, 0.25) is 0 Å². The minimum absolute atomic E-state index is 0.893. The molecular weight excluding hydrogens is 150 g/mol. The van der Waals surface area contributed by atoms with Crippen molar-refractivity contribution in [2.24, 2.45) is 0 Å². The van der Waals surface area contributed by atoms with Crippen molar-refractivity contribution in [1.82, 2.24) is 5.06 Å². The lowest BCUT2D eigenvalue weighted by Crippen LogP contribution is -2.18. The number of hydrogen-bond acceptors (Lipinski definition) is 2. The van der Waals surface area contributed by atoms with Crippen LogP contribution in [0, 0.1) is 0 Å². The van der Waals surface area contributed by atoms with E-state index in [1.807, 2.05) is 41.6 Å². The molecule has 2 nitrogen and oxygen atoms in total. The average molecular weight is 161 g/mol. The number of rotatable bonds is 2. The zero-order valence-electron chi connectivity index (χ0n) is 6.81. The molecule has 62 valence electrons. The molecule has 0 amide bonds. The molecule has 1 aromatic rings. The maximum atomic E-state index is 5.52. The topological polar surface area (TPSA) is 12.5 Å². The van der Waals surface area contributed by atoms with Crippen LogP contribution in [0.4, 0.5) is 0 Å². The predicted octanol–water partition coefficient (Wildman–Crippen LogP) is 2.20. The summed E-state index contributed by atoms with van der Waals surface area (Å²) in [5, 5.41) is 1.84. The van der Waals surface area contributed by atoms with Gasteiger partial charge in [0.1, 0.15) is 0 Å². The Morgan fingerprint density at radius 2 is 2.00 bits per heavy atom. The number of hydrogen-bond donors (Lipinski definition) is 0. The molecule has 1 heterocycles. The fraction of sp³-hybridized carbons (Fsp3) is 0.200. The van der Waals surface area contributed by atoms with E-state index in [2.05, 4.69) is 6.08 Å². The molecule has 0 unspecified atom stereocenters. The first-order chi connectivity index (χ1) is 5.95. The molecule has 0 N–H and O–H groups in total. The molecule has 0 fully saturated rings. The summed E-state index contributed by atoms with van der Waals surface area (Å²) in [5.41, 5.74) is 0. The van der Waals surface area contributed by atoms with Crippen LogP contribution in [-0.4, -0.2) is 11.6 Å². The summed E-state index contributed by atoms with van der Waals surface area (Å²) in [7, 11) is 0. The average Bonchev–Trinajstić information content (AvgIpc) is 2.59. The highest BCUT2D eigenvalue weighted by atomic mass is 16.7. The minimum Gasteiger partial charge on any atom is -0.380 e. The van der Waals surface area contributed by atoms with Gasteiger partial charge in [-0.25, -0.2) is 5.06 Å². The van der Waals surface area contributed by atoms with Crippen LogP contribution in [0.15, 0.2) is 42.6 Å². The summed E-state index contributed by atoms with van der Waals surface area (Å²) in [6.45, 7) is 0.953. The smallest absolute Gasteiger partial charge is 0.155 e. The summed E-state index contributed by atoms with van der Waals surface area (Å²) in [6, 6.07) is 9.81. The minimum atomic E-state index is 0.893. The van der Waals surface area contributed by atoms with Gasteiger partial charge in [-0.15, -0.1) is 0 Å². The third-order valence-corrected chi connectivity index (χ3v) is 1.75. The summed E-state index contributed by atoms with van der Waals surface area (Å²) in [4.78, 5) is 5.52. The second-order valence-corrected chi connectivity index (χ2v) is 2.72. The van der Waals surface area contributed by atoms with Crippen LogP contribution in [-0.2, 0) is 0 Å². The van der Waals surface area contributed by atoms with Gasteiger partial charge >= 0.3 is 0 Å². The van der Waals surface area contributed by atoms with E-state index in [9.17, 15) is 0 Å². The Balaban J connectivity index is 1.99. The maximum Gasteiger partial charge on any atom is 0.155 e. The molecule has 1 aliphatic heterocycles. The van der Waals surface area contributed by atoms with Gasteiger partial charge in [-0.1, -0.05) is 24.3 Å². The number of hydroxylamine groups is 2. The highest BCUT2D eigenvalue weighted by Gasteiger charge is 2.04. The molecule has 0 spiro atoms. The normalized spacial score (nSPS) is 15.2. The van der Waals surface area contributed by atoms with Gasteiger partial charge in [0, 0.05) is 6.20 Å². The molecule has 1 aromatic carbocycles. The third-order valence-electron chi connectivity index (χ3n) is 1.75. The molecule has 0 aliphatic carbocycles. The summed E-state index contributed by atoms with van der Waals surface area (Å²) in [6.07, 6.45) is 5.14. The van der Waals surface area contributed by atoms with Gasteiger partial charge in [0.15, 0.2) is 5.75 Å². The van der Waals surface area contributed by atoms with Crippen molar-refractivity contribution in [1.29, 1.82) is 0 Å². The van der Waals surface area contributed by atoms with Crippen LogP contribution in [0.1, 0.15) is 6.42 Å². The Morgan fingerprint density at radius 3 is 2.67 bits per heavy atom.